The zero-order valence-corrected chi connectivity index (χ0v) is 12.1. The predicted molar refractivity (Wildman–Crippen MR) is 75.9 cm³/mol. The summed E-state index contributed by atoms with van der Waals surface area (Å²) in [5.41, 5.74) is 6.35. The third kappa shape index (κ3) is 4.67. The Bertz CT molecular complexity index is 184. The Kier molecular flexibility index (Phi) is 6.83. The summed E-state index contributed by atoms with van der Waals surface area (Å²) in [7, 11) is 0. The van der Waals surface area contributed by atoms with Gasteiger partial charge in [-0.25, -0.2) is 0 Å². The van der Waals surface area contributed by atoms with Gasteiger partial charge in [-0.05, 0) is 31.1 Å². The highest BCUT2D eigenvalue weighted by Crippen LogP contribution is 2.33. The number of rotatable bonds is 6. The Morgan fingerprint density at radius 1 is 1.31 bits per heavy atom. The lowest BCUT2D eigenvalue weighted by Crippen LogP contribution is -2.36. The summed E-state index contributed by atoms with van der Waals surface area (Å²) in [6, 6.07) is 0.438. The second kappa shape index (κ2) is 7.60. The van der Waals surface area contributed by atoms with Crippen molar-refractivity contribution >= 4 is 11.8 Å². The van der Waals surface area contributed by atoms with E-state index in [0.29, 0.717) is 6.04 Å². The molecule has 0 aromatic carbocycles. The van der Waals surface area contributed by atoms with Gasteiger partial charge in [0.05, 0.1) is 0 Å². The van der Waals surface area contributed by atoms with E-state index in [1.54, 1.807) is 0 Å². The van der Waals surface area contributed by atoms with Gasteiger partial charge in [0.15, 0.2) is 0 Å². The smallest absolute Gasteiger partial charge is 0.0159 e. The van der Waals surface area contributed by atoms with Crippen LogP contribution in [0.25, 0.3) is 0 Å². The minimum absolute atomic E-state index is 0.438. The van der Waals surface area contributed by atoms with Crippen LogP contribution in [0, 0.1) is 11.8 Å². The predicted octanol–water partition coefficient (Wildman–Crippen LogP) is 4.06. The van der Waals surface area contributed by atoms with Crippen molar-refractivity contribution < 1.29 is 0 Å². The zero-order chi connectivity index (χ0) is 12.0. The maximum absolute atomic E-state index is 6.35. The average Bonchev–Trinajstić information content (AvgIpc) is 2.35. The molecule has 1 fully saturated rings. The van der Waals surface area contributed by atoms with Gasteiger partial charge in [0, 0.05) is 17.0 Å². The lowest BCUT2D eigenvalue weighted by molar-refractivity contribution is 0.237. The standard InChI is InChI=1S/C14H29NS/c1-4-11(3)16-10-14(15)13-8-6-7-12(5-2)9-13/h11-14H,4-10,15H2,1-3H3. The molecule has 0 saturated heterocycles. The molecule has 1 nitrogen and oxygen atoms in total. The molecule has 96 valence electrons. The molecule has 16 heavy (non-hydrogen) atoms. The van der Waals surface area contributed by atoms with Crippen LogP contribution in [-0.4, -0.2) is 17.0 Å². The van der Waals surface area contributed by atoms with Crippen LogP contribution in [0.15, 0.2) is 0 Å². The monoisotopic (exact) mass is 243 g/mol. The van der Waals surface area contributed by atoms with Gasteiger partial charge in [0.25, 0.3) is 0 Å². The van der Waals surface area contributed by atoms with Crippen LogP contribution in [-0.2, 0) is 0 Å². The molecule has 0 aliphatic heterocycles. The Morgan fingerprint density at radius 3 is 2.69 bits per heavy atom. The first-order chi connectivity index (χ1) is 7.67. The van der Waals surface area contributed by atoms with Crippen LogP contribution in [0.2, 0.25) is 0 Å². The van der Waals surface area contributed by atoms with E-state index in [4.69, 9.17) is 5.73 Å². The summed E-state index contributed by atoms with van der Waals surface area (Å²) in [6.45, 7) is 6.90. The SMILES string of the molecule is CCC1CCCC(C(N)CSC(C)CC)C1. The fraction of sp³-hybridized carbons (Fsp3) is 1.00. The summed E-state index contributed by atoms with van der Waals surface area (Å²) < 4.78 is 0. The van der Waals surface area contributed by atoms with Crippen molar-refractivity contribution in [2.24, 2.45) is 17.6 Å². The molecular formula is C14H29NS. The van der Waals surface area contributed by atoms with Crippen molar-refractivity contribution in [2.45, 2.75) is 70.6 Å². The van der Waals surface area contributed by atoms with Crippen LogP contribution in [0.4, 0.5) is 0 Å². The molecule has 0 aromatic heterocycles. The van der Waals surface area contributed by atoms with Gasteiger partial charge in [-0.3, -0.25) is 0 Å². The fourth-order valence-electron chi connectivity index (χ4n) is 2.62. The Labute approximate surface area is 106 Å². The molecule has 0 spiro atoms. The molecule has 4 unspecified atom stereocenters. The maximum atomic E-state index is 6.35. The highest BCUT2D eigenvalue weighted by molar-refractivity contribution is 7.99. The van der Waals surface area contributed by atoms with Crippen LogP contribution in [0.1, 0.15) is 59.3 Å². The number of nitrogens with two attached hydrogens (primary N) is 1. The second-order valence-corrected chi connectivity index (χ2v) is 6.89. The van der Waals surface area contributed by atoms with E-state index in [2.05, 4.69) is 32.5 Å². The minimum Gasteiger partial charge on any atom is -0.327 e. The van der Waals surface area contributed by atoms with E-state index in [-0.39, 0.29) is 0 Å². The van der Waals surface area contributed by atoms with Crippen molar-refractivity contribution in [3.8, 4) is 0 Å². The number of hydrogen-bond donors (Lipinski definition) is 1. The van der Waals surface area contributed by atoms with Gasteiger partial charge in [0.2, 0.25) is 0 Å². The molecule has 1 rings (SSSR count). The molecule has 1 aliphatic rings. The van der Waals surface area contributed by atoms with E-state index in [9.17, 15) is 0 Å². The van der Waals surface area contributed by atoms with Crippen molar-refractivity contribution in [2.75, 3.05) is 5.75 Å². The van der Waals surface area contributed by atoms with Crippen LogP contribution >= 0.6 is 11.8 Å². The van der Waals surface area contributed by atoms with Gasteiger partial charge in [-0.1, -0.05) is 40.0 Å². The topological polar surface area (TPSA) is 26.0 Å². The van der Waals surface area contributed by atoms with Gasteiger partial charge in [-0.15, -0.1) is 0 Å². The third-order valence-corrected chi connectivity index (χ3v) is 5.63. The van der Waals surface area contributed by atoms with Crippen molar-refractivity contribution in [1.29, 1.82) is 0 Å². The summed E-state index contributed by atoms with van der Waals surface area (Å²) in [5.74, 6) is 2.92. The average molecular weight is 243 g/mol. The highest BCUT2D eigenvalue weighted by Gasteiger charge is 2.25. The lowest BCUT2D eigenvalue weighted by atomic mass is 9.77. The highest BCUT2D eigenvalue weighted by atomic mass is 32.2. The molecule has 0 amide bonds. The lowest BCUT2D eigenvalue weighted by Gasteiger charge is -2.32. The first-order valence-corrected chi connectivity index (χ1v) is 8.09. The molecule has 4 atom stereocenters. The third-order valence-electron chi connectivity index (χ3n) is 4.15. The summed E-state index contributed by atoms with van der Waals surface area (Å²) in [5, 5.41) is 0.775. The minimum atomic E-state index is 0.438. The molecule has 0 bridgehead atoms. The molecule has 1 aliphatic carbocycles. The molecule has 0 aromatic rings. The van der Waals surface area contributed by atoms with Crippen molar-refractivity contribution in [1.82, 2.24) is 0 Å². The first-order valence-electron chi connectivity index (χ1n) is 7.04. The van der Waals surface area contributed by atoms with E-state index < -0.39 is 0 Å². The molecule has 1 saturated carbocycles. The molecule has 0 radical (unpaired) electrons. The second-order valence-electron chi connectivity index (χ2n) is 5.42. The summed E-state index contributed by atoms with van der Waals surface area (Å²) in [6.07, 6.45) is 8.22. The van der Waals surface area contributed by atoms with Crippen LogP contribution < -0.4 is 5.73 Å². The Morgan fingerprint density at radius 2 is 2.06 bits per heavy atom. The normalized spacial score (nSPS) is 30.0. The Balaban J connectivity index is 2.27. The summed E-state index contributed by atoms with van der Waals surface area (Å²) >= 11 is 2.06. The van der Waals surface area contributed by atoms with Crippen molar-refractivity contribution in [3.63, 3.8) is 0 Å². The molecule has 2 heteroatoms. The van der Waals surface area contributed by atoms with E-state index in [0.717, 1.165) is 22.8 Å². The number of hydrogen-bond acceptors (Lipinski definition) is 2. The molecular weight excluding hydrogens is 214 g/mol. The van der Waals surface area contributed by atoms with Gasteiger partial charge in [-0.2, -0.15) is 11.8 Å². The quantitative estimate of drug-likeness (QED) is 0.761. The molecule has 0 heterocycles. The molecule has 2 N–H and O–H groups in total. The first kappa shape index (κ1) is 14.4. The van der Waals surface area contributed by atoms with Gasteiger partial charge >= 0.3 is 0 Å². The van der Waals surface area contributed by atoms with E-state index >= 15 is 0 Å². The fourth-order valence-corrected chi connectivity index (χ4v) is 3.68. The zero-order valence-electron chi connectivity index (χ0n) is 11.2. The van der Waals surface area contributed by atoms with E-state index in [1.807, 2.05) is 0 Å². The number of thioether (sulfide) groups is 1. The van der Waals surface area contributed by atoms with E-state index in [1.165, 1.54) is 38.5 Å². The maximum Gasteiger partial charge on any atom is 0.0159 e. The Hall–Kier alpha value is 0.310. The van der Waals surface area contributed by atoms with Crippen molar-refractivity contribution in [3.05, 3.63) is 0 Å². The van der Waals surface area contributed by atoms with Gasteiger partial charge in [0.1, 0.15) is 0 Å². The van der Waals surface area contributed by atoms with Gasteiger partial charge < -0.3 is 5.73 Å². The van der Waals surface area contributed by atoms with Crippen LogP contribution in [0.5, 0.6) is 0 Å². The van der Waals surface area contributed by atoms with Crippen LogP contribution in [0.3, 0.4) is 0 Å². The largest absolute Gasteiger partial charge is 0.327 e. The summed E-state index contributed by atoms with van der Waals surface area (Å²) in [4.78, 5) is 0.